The third-order valence-corrected chi connectivity index (χ3v) is 5.64. The number of benzene rings is 2. The first kappa shape index (κ1) is 20.0. The van der Waals surface area contributed by atoms with Gasteiger partial charge in [-0.1, -0.05) is 50.3 Å². The molecule has 0 fully saturated rings. The lowest BCUT2D eigenvalue weighted by molar-refractivity contribution is 0.101. The van der Waals surface area contributed by atoms with Crippen LogP contribution in [0.25, 0.3) is 10.2 Å². The lowest BCUT2D eigenvalue weighted by Gasteiger charge is -2.22. The van der Waals surface area contributed by atoms with Crippen molar-refractivity contribution in [3.05, 3.63) is 71.9 Å². The zero-order valence-electron chi connectivity index (χ0n) is 17.4. The maximum absolute atomic E-state index is 11.6. The zero-order valence-corrected chi connectivity index (χ0v) is 18.2. The minimum absolute atomic E-state index is 0.0419. The molecule has 4 aromatic rings. The lowest BCUT2D eigenvalue weighted by atomic mass is 9.86. The maximum atomic E-state index is 11.6. The normalized spacial score (nSPS) is 11.5. The van der Waals surface area contributed by atoms with Gasteiger partial charge in [-0.3, -0.25) is 4.79 Å². The molecule has 0 amide bonds. The largest absolute Gasteiger partial charge is 0.437 e. The highest BCUT2D eigenvalue weighted by Crippen LogP contribution is 2.37. The van der Waals surface area contributed by atoms with Crippen molar-refractivity contribution in [1.82, 2.24) is 9.97 Å². The molecular weight excluding hydrogens is 394 g/mol. The van der Waals surface area contributed by atoms with E-state index >= 15 is 0 Å². The second-order valence-electron chi connectivity index (χ2n) is 8.09. The molecule has 152 valence electrons. The highest BCUT2D eigenvalue weighted by molar-refractivity contribution is 7.22. The molecule has 2 heterocycles. The first-order chi connectivity index (χ1) is 14.3. The number of aromatic nitrogens is 2. The summed E-state index contributed by atoms with van der Waals surface area (Å²) in [4.78, 5) is 20.7. The van der Waals surface area contributed by atoms with Crippen molar-refractivity contribution in [2.45, 2.75) is 33.1 Å². The molecule has 0 saturated heterocycles. The molecule has 6 heteroatoms. The van der Waals surface area contributed by atoms with Crippen molar-refractivity contribution >= 4 is 38.2 Å². The first-order valence-electron chi connectivity index (χ1n) is 9.72. The average molecular weight is 418 g/mol. The number of hydrogen-bond donors (Lipinski definition) is 1. The van der Waals surface area contributed by atoms with Crippen molar-refractivity contribution < 1.29 is 9.53 Å². The predicted octanol–water partition coefficient (Wildman–Crippen LogP) is 6.73. The highest BCUT2D eigenvalue weighted by Gasteiger charge is 2.20. The Morgan fingerprint density at radius 3 is 2.63 bits per heavy atom. The van der Waals surface area contributed by atoms with Crippen molar-refractivity contribution in [2.24, 2.45) is 0 Å². The van der Waals surface area contributed by atoms with Gasteiger partial charge in [-0.05, 0) is 48.7 Å². The Hall–Kier alpha value is -3.25. The van der Waals surface area contributed by atoms with Crippen molar-refractivity contribution in [3.8, 4) is 11.6 Å². The molecule has 30 heavy (non-hydrogen) atoms. The number of rotatable bonds is 5. The number of anilines is 2. The van der Waals surface area contributed by atoms with Gasteiger partial charge in [0.2, 0.25) is 5.88 Å². The molecule has 0 saturated carbocycles. The van der Waals surface area contributed by atoms with E-state index in [1.807, 2.05) is 42.5 Å². The summed E-state index contributed by atoms with van der Waals surface area (Å²) in [7, 11) is 0. The van der Waals surface area contributed by atoms with Gasteiger partial charge < -0.3 is 10.1 Å². The number of nitrogens with one attached hydrogen (secondary N) is 1. The molecule has 0 aliphatic rings. The smallest absolute Gasteiger partial charge is 0.243 e. The van der Waals surface area contributed by atoms with Gasteiger partial charge in [-0.15, -0.1) is 0 Å². The van der Waals surface area contributed by atoms with Gasteiger partial charge in [-0.25, -0.2) is 9.97 Å². The molecule has 0 spiro atoms. The second-order valence-corrected chi connectivity index (χ2v) is 9.12. The number of thiazole rings is 1. The molecule has 0 unspecified atom stereocenters. The quantitative estimate of drug-likeness (QED) is 0.365. The summed E-state index contributed by atoms with van der Waals surface area (Å²) in [6, 6.07) is 17.3. The summed E-state index contributed by atoms with van der Waals surface area (Å²) < 4.78 is 7.18. The van der Waals surface area contributed by atoms with Gasteiger partial charge in [0.1, 0.15) is 11.4 Å². The fourth-order valence-electron chi connectivity index (χ4n) is 3.16. The van der Waals surface area contributed by atoms with Gasteiger partial charge in [-0.2, -0.15) is 0 Å². The molecule has 5 nitrogen and oxygen atoms in total. The van der Waals surface area contributed by atoms with Gasteiger partial charge in [0, 0.05) is 17.3 Å². The van der Waals surface area contributed by atoms with Crippen LogP contribution in [0.4, 0.5) is 10.8 Å². The molecule has 2 aromatic carbocycles. The Labute approximate surface area is 179 Å². The number of fused-ring (bicyclic) bond motifs is 1. The van der Waals surface area contributed by atoms with E-state index in [2.05, 4.69) is 42.1 Å². The number of nitrogens with zero attached hydrogens (tertiary/aromatic N) is 2. The maximum Gasteiger partial charge on any atom is 0.243 e. The van der Waals surface area contributed by atoms with Crippen molar-refractivity contribution in [3.63, 3.8) is 0 Å². The summed E-state index contributed by atoms with van der Waals surface area (Å²) in [5, 5.41) is 4.04. The van der Waals surface area contributed by atoms with Crippen LogP contribution in [0.15, 0.2) is 60.8 Å². The topological polar surface area (TPSA) is 64.1 Å². The molecule has 1 N–H and O–H groups in total. The Morgan fingerprint density at radius 1 is 1.07 bits per heavy atom. The standard InChI is InChI=1S/C24H23N3O2S/c1-15(28)16-11-12-18-21(14-16)30-23(26-18)27-19-9-7-13-25-22(19)29-20-10-6-5-8-17(20)24(2,3)4/h5-14H,1-4H3,(H,26,27). The zero-order chi connectivity index (χ0) is 21.3. The van der Waals surface area contributed by atoms with Crippen LogP contribution < -0.4 is 10.1 Å². The number of Topliss-reactive ketones (excluding diaryl/α,β-unsaturated/α-hetero) is 1. The molecule has 0 aliphatic carbocycles. The number of hydrogen-bond acceptors (Lipinski definition) is 6. The minimum Gasteiger partial charge on any atom is -0.437 e. The summed E-state index contributed by atoms with van der Waals surface area (Å²) in [5.41, 5.74) is 3.31. The van der Waals surface area contributed by atoms with Crippen LogP contribution in [-0.4, -0.2) is 15.8 Å². The van der Waals surface area contributed by atoms with E-state index in [1.54, 1.807) is 19.2 Å². The van der Waals surface area contributed by atoms with Crippen LogP contribution in [0.3, 0.4) is 0 Å². The Morgan fingerprint density at radius 2 is 1.87 bits per heavy atom. The van der Waals surface area contributed by atoms with Crippen LogP contribution in [-0.2, 0) is 5.41 Å². The van der Waals surface area contributed by atoms with Crippen LogP contribution in [0, 0.1) is 0 Å². The van der Waals surface area contributed by atoms with E-state index in [0.717, 1.165) is 27.2 Å². The summed E-state index contributed by atoms with van der Waals surface area (Å²) in [6.07, 6.45) is 1.71. The Kier molecular flexibility index (Phi) is 5.26. The van der Waals surface area contributed by atoms with E-state index in [9.17, 15) is 4.79 Å². The average Bonchev–Trinajstić information content (AvgIpc) is 3.10. The van der Waals surface area contributed by atoms with Crippen LogP contribution in [0.2, 0.25) is 0 Å². The molecule has 0 bridgehead atoms. The number of carbonyl (C=O) groups excluding carboxylic acids is 1. The Balaban J connectivity index is 1.65. The van der Waals surface area contributed by atoms with Gasteiger partial charge >= 0.3 is 0 Å². The van der Waals surface area contributed by atoms with E-state index in [-0.39, 0.29) is 11.2 Å². The SMILES string of the molecule is CC(=O)c1ccc2nc(Nc3cccnc3Oc3ccccc3C(C)(C)C)sc2c1. The molecule has 0 radical (unpaired) electrons. The number of ether oxygens (including phenoxy) is 1. The molecule has 0 aliphatic heterocycles. The molecule has 0 atom stereocenters. The minimum atomic E-state index is -0.0551. The van der Waals surface area contributed by atoms with Crippen LogP contribution in [0.1, 0.15) is 43.6 Å². The van der Waals surface area contributed by atoms with Gasteiger partial charge in [0.15, 0.2) is 10.9 Å². The van der Waals surface area contributed by atoms with Crippen LogP contribution in [0.5, 0.6) is 11.6 Å². The monoisotopic (exact) mass is 417 g/mol. The first-order valence-corrected chi connectivity index (χ1v) is 10.5. The third-order valence-electron chi connectivity index (χ3n) is 4.71. The number of pyridine rings is 1. The number of carbonyl (C=O) groups is 1. The summed E-state index contributed by atoms with van der Waals surface area (Å²) >= 11 is 1.49. The van der Waals surface area contributed by atoms with Crippen molar-refractivity contribution in [1.29, 1.82) is 0 Å². The Bertz CT molecular complexity index is 1220. The number of ketones is 1. The number of para-hydroxylation sites is 1. The van der Waals surface area contributed by atoms with Gasteiger partial charge in [0.25, 0.3) is 0 Å². The lowest BCUT2D eigenvalue weighted by Crippen LogP contribution is -2.12. The molecule has 2 aromatic heterocycles. The van der Waals surface area contributed by atoms with E-state index < -0.39 is 0 Å². The summed E-state index contributed by atoms with van der Waals surface area (Å²) in [6.45, 7) is 8.03. The predicted molar refractivity (Wildman–Crippen MR) is 122 cm³/mol. The second kappa shape index (κ2) is 7.88. The highest BCUT2D eigenvalue weighted by atomic mass is 32.1. The van der Waals surface area contributed by atoms with E-state index in [4.69, 9.17) is 4.74 Å². The summed E-state index contributed by atoms with van der Waals surface area (Å²) in [5.74, 6) is 1.31. The molecule has 4 rings (SSSR count). The van der Waals surface area contributed by atoms with Crippen molar-refractivity contribution in [2.75, 3.05) is 5.32 Å². The fourth-order valence-corrected chi connectivity index (χ4v) is 4.08. The third kappa shape index (κ3) is 4.19. The molecular formula is C24H23N3O2S. The van der Waals surface area contributed by atoms with E-state index in [0.29, 0.717) is 16.6 Å². The van der Waals surface area contributed by atoms with E-state index in [1.165, 1.54) is 11.3 Å². The van der Waals surface area contributed by atoms with Gasteiger partial charge in [0.05, 0.1) is 10.2 Å². The fraction of sp³-hybridized carbons (Fsp3) is 0.208. The van der Waals surface area contributed by atoms with Crippen LogP contribution >= 0.6 is 11.3 Å².